The largest absolute Gasteiger partial charge is 0.496 e. The first kappa shape index (κ1) is 12.9. The van der Waals surface area contributed by atoms with Crippen LogP contribution in [0.5, 0.6) is 5.75 Å². The number of methoxy groups -OCH3 is 1. The summed E-state index contributed by atoms with van der Waals surface area (Å²) in [6.07, 6.45) is 2.24. The summed E-state index contributed by atoms with van der Waals surface area (Å²) in [6, 6.07) is 8.03. The Kier molecular flexibility index (Phi) is 4.57. The smallest absolute Gasteiger partial charge is 0.123 e. The molecular weight excluding hydrogens is 228 g/mol. The SMILES string of the molecule is COc1ccc(C#N)cc1CNC1CCCOC1. The molecule has 0 bridgehead atoms. The van der Waals surface area contributed by atoms with E-state index in [1.807, 2.05) is 12.1 Å². The lowest BCUT2D eigenvalue weighted by molar-refractivity contribution is 0.0699. The summed E-state index contributed by atoms with van der Waals surface area (Å²) in [5, 5.41) is 12.4. The Morgan fingerprint density at radius 2 is 2.44 bits per heavy atom. The first-order chi connectivity index (χ1) is 8.83. The highest BCUT2D eigenvalue weighted by Crippen LogP contribution is 2.20. The summed E-state index contributed by atoms with van der Waals surface area (Å²) in [7, 11) is 1.65. The Hall–Kier alpha value is -1.57. The van der Waals surface area contributed by atoms with Crippen LogP contribution in [0.2, 0.25) is 0 Å². The van der Waals surface area contributed by atoms with Crippen molar-refractivity contribution in [2.45, 2.75) is 25.4 Å². The third-order valence-corrected chi connectivity index (χ3v) is 3.15. The van der Waals surface area contributed by atoms with Crippen molar-refractivity contribution in [2.75, 3.05) is 20.3 Å². The molecule has 1 heterocycles. The molecule has 0 amide bonds. The van der Waals surface area contributed by atoms with Crippen molar-refractivity contribution >= 4 is 0 Å². The molecule has 18 heavy (non-hydrogen) atoms. The van der Waals surface area contributed by atoms with Crippen LogP contribution in [0.25, 0.3) is 0 Å². The van der Waals surface area contributed by atoms with Crippen LogP contribution in [0.15, 0.2) is 18.2 Å². The molecule has 0 saturated carbocycles. The zero-order valence-corrected chi connectivity index (χ0v) is 10.6. The Balaban J connectivity index is 2.00. The minimum absolute atomic E-state index is 0.397. The fourth-order valence-electron chi connectivity index (χ4n) is 2.14. The fourth-order valence-corrected chi connectivity index (χ4v) is 2.14. The Labute approximate surface area is 108 Å². The van der Waals surface area contributed by atoms with Gasteiger partial charge in [0.1, 0.15) is 5.75 Å². The van der Waals surface area contributed by atoms with Crippen LogP contribution in [-0.4, -0.2) is 26.4 Å². The van der Waals surface area contributed by atoms with Gasteiger partial charge in [-0.2, -0.15) is 5.26 Å². The van der Waals surface area contributed by atoms with Crippen LogP contribution in [0.4, 0.5) is 0 Å². The van der Waals surface area contributed by atoms with Crippen molar-refractivity contribution in [3.05, 3.63) is 29.3 Å². The summed E-state index contributed by atoms with van der Waals surface area (Å²) in [6.45, 7) is 2.33. The van der Waals surface area contributed by atoms with Crippen LogP contribution < -0.4 is 10.1 Å². The van der Waals surface area contributed by atoms with E-state index in [1.54, 1.807) is 13.2 Å². The van der Waals surface area contributed by atoms with E-state index < -0.39 is 0 Å². The topological polar surface area (TPSA) is 54.3 Å². The van der Waals surface area contributed by atoms with E-state index in [0.717, 1.165) is 37.4 Å². The zero-order valence-electron chi connectivity index (χ0n) is 10.6. The molecule has 2 rings (SSSR count). The van der Waals surface area contributed by atoms with Crippen molar-refractivity contribution in [2.24, 2.45) is 0 Å². The third-order valence-electron chi connectivity index (χ3n) is 3.15. The third kappa shape index (κ3) is 3.22. The van der Waals surface area contributed by atoms with Gasteiger partial charge >= 0.3 is 0 Å². The van der Waals surface area contributed by atoms with Gasteiger partial charge in [-0.05, 0) is 31.0 Å². The zero-order chi connectivity index (χ0) is 12.8. The lowest BCUT2D eigenvalue weighted by Crippen LogP contribution is -2.36. The minimum Gasteiger partial charge on any atom is -0.496 e. The van der Waals surface area contributed by atoms with Gasteiger partial charge in [0, 0.05) is 24.8 Å². The quantitative estimate of drug-likeness (QED) is 0.880. The highest BCUT2D eigenvalue weighted by atomic mass is 16.5. The van der Waals surface area contributed by atoms with Crippen LogP contribution >= 0.6 is 0 Å². The maximum Gasteiger partial charge on any atom is 0.123 e. The van der Waals surface area contributed by atoms with Crippen molar-refractivity contribution in [1.82, 2.24) is 5.32 Å². The maximum atomic E-state index is 8.91. The van der Waals surface area contributed by atoms with Crippen molar-refractivity contribution in [3.63, 3.8) is 0 Å². The average molecular weight is 246 g/mol. The van der Waals surface area contributed by atoms with Gasteiger partial charge in [0.05, 0.1) is 25.3 Å². The van der Waals surface area contributed by atoms with E-state index in [9.17, 15) is 0 Å². The van der Waals surface area contributed by atoms with Crippen molar-refractivity contribution in [1.29, 1.82) is 5.26 Å². The van der Waals surface area contributed by atoms with Crippen LogP contribution in [0, 0.1) is 11.3 Å². The van der Waals surface area contributed by atoms with Gasteiger partial charge in [0.15, 0.2) is 0 Å². The highest BCUT2D eigenvalue weighted by Gasteiger charge is 2.14. The number of nitrogens with one attached hydrogen (secondary N) is 1. The van der Waals surface area contributed by atoms with Gasteiger partial charge in [0.2, 0.25) is 0 Å². The molecule has 96 valence electrons. The number of benzene rings is 1. The Bertz CT molecular complexity index is 434. The van der Waals surface area contributed by atoms with Crippen LogP contribution in [0.1, 0.15) is 24.0 Å². The van der Waals surface area contributed by atoms with E-state index >= 15 is 0 Å². The summed E-state index contributed by atoms with van der Waals surface area (Å²) in [5.74, 6) is 0.818. The molecule has 1 aliphatic rings. The predicted molar refractivity (Wildman–Crippen MR) is 68.4 cm³/mol. The number of hydrogen-bond donors (Lipinski definition) is 1. The number of nitrogens with zero attached hydrogens (tertiary/aromatic N) is 1. The van der Waals surface area contributed by atoms with Gasteiger partial charge < -0.3 is 14.8 Å². The number of hydrogen-bond acceptors (Lipinski definition) is 4. The lowest BCUT2D eigenvalue weighted by atomic mass is 10.1. The summed E-state index contributed by atoms with van der Waals surface area (Å²) < 4.78 is 10.7. The van der Waals surface area contributed by atoms with E-state index in [1.165, 1.54) is 0 Å². The first-order valence-electron chi connectivity index (χ1n) is 6.21. The normalized spacial score (nSPS) is 19.2. The van der Waals surface area contributed by atoms with Gasteiger partial charge in [-0.1, -0.05) is 0 Å². The molecule has 1 aromatic rings. The molecule has 1 fully saturated rings. The predicted octanol–water partition coefficient (Wildman–Crippen LogP) is 1.84. The van der Waals surface area contributed by atoms with E-state index in [2.05, 4.69) is 11.4 Å². The molecule has 1 N–H and O–H groups in total. The molecule has 1 saturated heterocycles. The van der Waals surface area contributed by atoms with Gasteiger partial charge in [0.25, 0.3) is 0 Å². The Morgan fingerprint density at radius 1 is 1.56 bits per heavy atom. The molecule has 4 heteroatoms. The summed E-state index contributed by atoms with van der Waals surface area (Å²) in [4.78, 5) is 0. The fraction of sp³-hybridized carbons (Fsp3) is 0.500. The summed E-state index contributed by atoms with van der Waals surface area (Å²) in [5.41, 5.74) is 1.68. The average Bonchev–Trinajstić information content (AvgIpc) is 2.45. The van der Waals surface area contributed by atoms with Gasteiger partial charge in [-0.25, -0.2) is 0 Å². The molecule has 0 aromatic heterocycles. The first-order valence-corrected chi connectivity index (χ1v) is 6.21. The maximum absolute atomic E-state index is 8.91. The molecule has 0 radical (unpaired) electrons. The van der Waals surface area contributed by atoms with Crippen molar-refractivity contribution in [3.8, 4) is 11.8 Å². The molecule has 1 aromatic carbocycles. The van der Waals surface area contributed by atoms with Gasteiger partial charge in [-0.15, -0.1) is 0 Å². The lowest BCUT2D eigenvalue weighted by Gasteiger charge is -2.23. The van der Waals surface area contributed by atoms with Crippen LogP contribution in [0.3, 0.4) is 0 Å². The molecular formula is C14H18N2O2. The molecule has 1 unspecified atom stereocenters. The molecule has 4 nitrogen and oxygen atoms in total. The molecule has 0 aliphatic carbocycles. The highest BCUT2D eigenvalue weighted by molar-refractivity contribution is 5.42. The van der Waals surface area contributed by atoms with Crippen LogP contribution in [-0.2, 0) is 11.3 Å². The van der Waals surface area contributed by atoms with E-state index in [4.69, 9.17) is 14.7 Å². The Morgan fingerprint density at radius 3 is 3.11 bits per heavy atom. The summed E-state index contributed by atoms with van der Waals surface area (Å²) >= 11 is 0. The van der Waals surface area contributed by atoms with Crippen molar-refractivity contribution < 1.29 is 9.47 Å². The number of nitriles is 1. The standard InChI is InChI=1S/C14H18N2O2/c1-17-14-5-4-11(8-15)7-12(14)9-16-13-3-2-6-18-10-13/h4-5,7,13,16H,2-3,6,9-10H2,1H3. The second-order valence-corrected chi connectivity index (χ2v) is 4.43. The van der Waals surface area contributed by atoms with E-state index in [0.29, 0.717) is 18.2 Å². The second kappa shape index (κ2) is 6.39. The number of ether oxygens (including phenoxy) is 2. The number of rotatable bonds is 4. The minimum atomic E-state index is 0.397. The molecule has 1 aliphatic heterocycles. The molecule has 0 spiro atoms. The van der Waals surface area contributed by atoms with E-state index in [-0.39, 0.29) is 0 Å². The molecule has 1 atom stereocenters. The second-order valence-electron chi connectivity index (χ2n) is 4.43. The monoisotopic (exact) mass is 246 g/mol. The van der Waals surface area contributed by atoms with Gasteiger partial charge in [-0.3, -0.25) is 0 Å².